The second-order valence-corrected chi connectivity index (χ2v) is 8.39. The Kier molecular flexibility index (Phi) is 8.16. The zero-order valence-electron chi connectivity index (χ0n) is 18.7. The van der Waals surface area contributed by atoms with Gasteiger partial charge in [0.05, 0.1) is 13.3 Å². The van der Waals surface area contributed by atoms with Crippen molar-refractivity contribution in [2.45, 2.75) is 44.5 Å². The van der Waals surface area contributed by atoms with E-state index in [1.54, 1.807) is 25.6 Å². The molecule has 2 heterocycles. The molecule has 0 unspecified atom stereocenters. The minimum atomic E-state index is -1.01. The van der Waals surface area contributed by atoms with Crippen molar-refractivity contribution in [2.75, 3.05) is 12.9 Å². The van der Waals surface area contributed by atoms with Gasteiger partial charge in [-0.3, -0.25) is 19.4 Å². The Balaban J connectivity index is 1.87. The first-order chi connectivity index (χ1) is 15.8. The van der Waals surface area contributed by atoms with Gasteiger partial charge in [0.2, 0.25) is 0 Å². The quantitative estimate of drug-likeness (QED) is 0.438. The molecule has 10 heteroatoms. The maximum absolute atomic E-state index is 11.8. The first-order valence-electron chi connectivity index (χ1n) is 10.2. The first-order valence-corrected chi connectivity index (χ1v) is 11.2. The second-order valence-electron chi connectivity index (χ2n) is 7.26. The summed E-state index contributed by atoms with van der Waals surface area (Å²) in [5.74, 6) is -0.272. The Morgan fingerprint density at radius 1 is 0.879 bits per heavy atom. The van der Waals surface area contributed by atoms with Crippen LogP contribution < -0.4 is 9.47 Å². The molecule has 0 bridgehead atoms. The summed E-state index contributed by atoms with van der Waals surface area (Å²) in [6, 6.07) is 9.16. The third kappa shape index (κ3) is 6.61. The minimum Gasteiger partial charge on any atom is -0.495 e. The number of ether oxygens (including phenoxy) is 5. The Bertz CT molecular complexity index is 1010. The summed E-state index contributed by atoms with van der Waals surface area (Å²) >= 11 is 1.30. The van der Waals surface area contributed by atoms with Gasteiger partial charge in [0.15, 0.2) is 23.7 Å². The molecule has 0 spiro atoms. The summed E-state index contributed by atoms with van der Waals surface area (Å²) in [5, 5.41) is 0. The fraction of sp³-hybridized carbons (Fsp3) is 0.391. The van der Waals surface area contributed by atoms with Crippen molar-refractivity contribution in [3.05, 3.63) is 42.7 Å². The lowest BCUT2D eigenvalue weighted by Gasteiger charge is -2.39. The smallest absolute Gasteiger partial charge is 0.303 e. The number of nitrogens with zero attached hydrogens (tertiary/aromatic N) is 1. The highest BCUT2D eigenvalue weighted by molar-refractivity contribution is 7.99. The Hall–Kier alpha value is -3.27. The van der Waals surface area contributed by atoms with E-state index in [1.807, 2.05) is 24.3 Å². The van der Waals surface area contributed by atoms with E-state index in [-0.39, 0.29) is 0 Å². The summed E-state index contributed by atoms with van der Waals surface area (Å²) in [7, 11) is 1.57. The van der Waals surface area contributed by atoms with Crippen LogP contribution in [-0.4, -0.2) is 59.5 Å². The van der Waals surface area contributed by atoms with E-state index < -0.39 is 41.7 Å². The predicted molar refractivity (Wildman–Crippen MR) is 120 cm³/mol. The maximum atomic E-state index is 11.8. The number of carbonyl (C=O) groups is 3. The van der Waals surface area contributed by atoms with Gasteiger partial charge in [-0.05, 0) is 23.8 Å². The topological polar surface area (TPSA) is 110 Å². The normalized spacial score (nSPS) is 22.1. The molecule has 1 aromatic carbocycles. The van der Waals surface area contributed by atoms with Gasteiger partial charge in [-0.2, -0.15) is 0 Å². The van der Waals surface area contributed by atoms with Gasteiger partial charge in [0.1, 0.15) is 11.5 Å². The van der Waals surface area contributed by atoms with Crippen LogP contribution in [0.3, 0.4) is 0 Å². The van der Waals surface area contributed by atoms with Crippen molar-refractivity contribution < 1.29 is 38.1 Å². The molecule has 0 N–H and O–H groups in total. The molecule has 1 aliphatic rings. The maximum Gasteiger partial charge on any atom is 0.303 e. The third-order valence-corrected chi connectivity index (χ3v) is 5.89. The summed E-state index contributed by atoms with van der Waals surface area (Å²) < 4.78 is 27.6. The van der Waals surface area contributed by atoms with Gasteiger partial charge in [-0.1, -0.05) is 12.1 Å². The highest BCUT2D eigenvalue weighted by atomic mass is 32.2. The molecule has 3 rings (SSSR count). The average molecular weight is 476 g/mol. The van der Waals surface area contributed by atoms with Gasteiger partial charge >= 0.3 is 17.9 Å². The number of thioether (sulfide) groups is 1. The monoisotopic (exact) mass is 475 g/mol. The van der Waals surface area contributed by atoms with E-state index in [4.69, 9.17) is 23.7 Å². The lowest BCUT2D eigenvalue weighted by Crippen LogP contribution is -2.55. The Morgan fingerprint density at radius 3 is 2.21 bits per heavy atom. The van der Waals surface area contributed by atoms with Crippen molar-refractivity contribution in [2.24, 2.45) is 0 Å². The Labute approximate surface area is 195 Å². The molecular formula is C23H25NO8S. The molecule has 1 aromatic heterocycles. The van der Waals surface area contributed by atoms with Crippen LogP contribution in [0.2, 0.25) is 0 Å². The van der Waals surface area contributed by atoms with Crippen LogP contribution in [0.15, 0.2) is 42.7 Å². The lowest BCUT2D eigenvalue weighted by molar-refractivity contribution is -0.186. The summed E-state index contributed by atoms with van der Waals surface area (Å²) in [4.78, 5) is 39.3. The van der Waals surface area contributed by atoms with Crippen molar-refractivity contribution in [3.63, 3.8) is 0 Å². The molecule has 33 heavy (non-hydrogen) atoms. The number of aromatic nitrogens is 1. The molecule has 1 aliphatic heterocycles. The molecule has 4 atom stereocenters. The summed E-state index contributed by atoms with van der Waals surface area (Å²) in [5.41, 5.74) is 0.974. The Morgan fingerprint density at radius 2 is 1.55 bits per heavy atom. The zero-order chi connectivity index (χ0) is 24.0. The van der Waals surface area contributed by atoms with Crippen molar-refractivity contribution in [3.8, 4) is 22.6 Å². The molecule has 9 nitrogen and oxygen atoms in total. The first kappa shape index (κ1) is 24.4. The molecule has 0 amide bonds. The zero-order valence-corrected chi connectivity index (χ0v) is 19.5. The van der Waals surface area contributed by atoms with Crippen LogP contribution in [0.25, 0.3) is 11.1 Å². The van der Waals surface area contributed by atoms with E-state index in [0.29, 0.717) is 17.3 Å². The second kappa shape index (κ2) is 11.0. The van der Waals surface area contributed by atoms with Gasteiger partial charge in [0.25, 0.3) is 0 Å². The van der Waals surface area contributed by atoms with E-state index in [2.05, 4.69) is 4.98 Å². The van der Waals surface area contributed by atoms with Crippen LogP contribution in [0.4, 0.5) is 0 Å². The fourth-order valence-corrected chi connectivity index (χ4v) is 4.60. The van der Waals surface area contributed by atoms with Gasteiger partial charge < -0.3 is 23.7 Å². The van der Waals surface area contributed by atoms with Crippen LogP contribution in [-0.2, 0) is 28.6 Å². The van der Waals surface area contributed by atoms with Gasteiger partial charge in [-0.15, -0.1) is 11.8 Å². The number of rotatable bonds is 7. The molecule has 0 aliphatic carbocycles. The molecule has 1 saturated heterocycles. The van der Waals surface area contributed by atoms with E-state index in [0.717, 1.165) is 11.1 Å². The van der Waals surface area contributed by atoms with Crippen molar-refractivity contribution in [1.29, 1.82) is 0 Å². The van der Waals surface area contributed by atoms with Crippen LogP contribution in [0, 0.1) is 0 Å². The van der Waals surface area contributed by atoms with E-state index in [1.165, 1.54) is 32.5 Å². The fourth-order valence-electron chi connectivity index (χ4n) is 3.38. The SMILES string of the molecule is COc1cncc(-c2cccc(O[C@@H]3SC[C@@H](OC(C)=O)[C@H](OC(C)=O)[C@H]3OC(C)=O)c2)c1. The van der Waals surface area contributed by atoms with Gasteiger partial charge in [0, 0.05) is 38.3 Å². The largest absolute Gasteiger partial charge is 0.495 e. The number of carbonyl (C=O) groups excluding carboxylic acids is 3. The number of esters is 3. The molecule has 2 aromatic rings. The molecule has 1 fully saturated rings. The number of hydrogen-bond donors (Lipinski definition) is 0. The highest BCUT2D eigenvalue weighted by Gasteiger charge is 2.47. The summed E-state index contributed by atoms with van der Waals surface area (Å²) in [6.45, 7) is 3.75. The summed E-state index contributed by atoms with van der Waals surface area (Å²) in [6.07, 6.45) is 0.541. The number of pyridine rings is 1. The highest BCUT2D eigenvalue weighted by Crippen LogP contribution is 2.35. The van der Waals surface area contributed by atoms with Crippen molar-refractivity contribution >= 4 is 29.7 Å². The van der Waals surface area contributed by atoms with Crippen molar-refractivity contribution in [1.82, 2.24) is 4.98 Å². The van der Waals surface area contributed by atoms with E-state index in [9.17, 15) is 14.4 Å². The van der Waals surface area contributed by atoms with Crippen LogP contribution in [0.1, 0.15) is 20.8 Å². The molecular weight excluding hydrogens is 450 g/mol. The molecule has 0 saturated carbocycles. The minimum absolute atomic E-state index is 0.291. The van der Waals surface area contributed by atoms with Crippen LogP contribution in [0.5, 0.6) is 11.5 Å². The average Bonchev–Trinajstić information content (AvgIpc) is 2.77. The lowest BCUT2D eigenvalue weighted by atomic mass is 10.1. The molecule has 176 valence electrons. The number of hydrogen-bond acceptors (Lipinski definition) is 10. The standard InChI is InChI=1S/C23H25NO8S/c1-13(25)29-20-12-33-23(22(31-15(3)27)21(20)30-14(2)26)32-18-7-5-6-16(8-18)17-9-19(28-4)11-24-10-17/h5-11,20-23H,12H2,1-4H3/t20-,21+,22-,23-/m1/s1. The van der Waals surface area contributed by atoms with E-state index >= 15 is 0 Å². The molecule has 0 radical (unpaired) electrons. The van der Waals surface area contributed by atoms with Gasteiger partial charge in [-0.25, -0.2) is 0 Å². The number of methoxy groups -OCH3 is 1. The third-order valence-electron chi connectivity index (χ3n) is 4.67. The predicted octanol–water partition coefficient (Wildman–Crippen LogP) is 3.00. The number of benzene rings is 1. The van der Waals surface area contributed by atoms with Crippen LogP contribution >= 0.6 is 11.8 Å².